The number of rotatable bonds is 13. The zero-order valence-electron chi connectivity index (χ0n) is 24.8. The summed E-state index contributed by atoms with van der Waals surface area (Å²) >= 11 is 0. The third-order valence-electron chi connectivity index (χ3n) is 8.26. The number of benzene rings is 2. The Balaban J connectivity index is 1.38. The Labute approximate surface area is 243 Å². The number of carbonyl (C=O) groups is 2. The van der Waals surface area contributed by atoms with Gasteiger partial charge in [-0.15, -0.1) is 0 Å². The molecule has 0 bridgehead atoms. The van der Waals surface area contributed by atoms with E-state index < -0.39 is 17.2 Å². The second-order valence-corrected chi connectivity index (χ2v) is 11.2. The van der Waals surface area contributed by atoms with Gasteiger partial charge in [-0.1, -0.05) is 59.7 Å². The summed E-state index contributed by atoms with van der Waals surface area (Å²) in [5.74, 6) is -0.0191. The van der Waals surface area contributed by atoms with Crippen molar-refractivity contribution < 1.29 is 33.3 Å². The van der Waals surface area contributed by atoms with Gasteiger partial charge in [0.05, 0.1) is 43.6 Å². The SMILES string of the molecule is COCCOCCOC(=O)OCN1C(=O)CC[C@]12CC[C@@](CO[C@H](C)c1cc(C)cc(C)c1)(c1ccccc1)NC2. The Morgan fingerprint density at radius 1 is 0.976 bits per heavy atom. The molecule has 0 saturated carbocycles. The second-order valence-electron chi connectivity index (χ2n) is 11.2. The lowest BCUT2D eigenvalue weighted by Crippen LogP contribution is -2.63. The predicted octanol–water partition coefficient (Wildman–Crippen LogP) is 4.79. The van der Waals surface area contributed by atoms with Gasteiger partial charge in [-0.05, 0) is 51.2 Å². The molecule has 2 aromatic rings. The van der Waals surface area contributed by atoms with Crippen molar-refractivity contribution in [1.82, 2.24) is 10.2 Å². The molecule has 0 unspecified atom stereocenters. The summed E-state index contributed by atoms with van der Waals surface area (Å²) in [6, 6.07) is 16.9. The molecule has 0 aliphatic carbocycles. The summed E-state index contributed by atoms with van der Waals surface area (Å²) in [7, 11) is 1.59. The Bertz CT molecular complexity index is 1130. The van der Waals surface area contributed by atoms with E-state index in [4.69, 9.17) is 23.7 Å². The molecule has 2 aromatic carbocycles. The largest absolute Gasteiger partial charge is 0.510 e. The van der Waals surface area contributed by atoms with E-state index in [2.05, 4.69) is 56.4 Å². The molecule has 2 fully saturated rings. The maximum Gasteiger partial charge on any atom is 0.510 e. The van der Waals surface area contributed by atoms with E-state index >= 15 is 0 Å². The minimum Gasteiger partial charge on any atom is -0.432 e. The van der Waals surface area contributed by atoms with Gasteiger partial charge in [-0.25, -0.2) is 4.79 Å². The van der Waals surface area contributed by atoms with Crippen molar-refractivity contribution in [3.05, 3.63) is 70.8 Å². The maximum atomic E-state index is 12.9. The van der Waals surface area contributed by atoms with Gasteiger partial charge >= 0.3 is 6.16 Å². The minimum atomic E-state index is -0.814. The van der Waals surface area contributed by atoms with Crippen LogP contribution in [0.25, 0.3) is 0 Å². The number of likely N-dealkylation sites (tertiary alicyclic amines) is 1. The summed E-state index contributed by atoms with van der Waals surface area (Å²) in [4.78, 5) is 26.8. The topological polar surface area (TPSA) is 95.6 Å². The van der Waals surface area contributed by atoms with Crippen LogP contribution in [0.1, 0.15) is 61.0 Å². The van der Waals surface area contributed by atoms with Crippen LogP contribution in [0.2, 0.25) is 0 Å². The number of hydrogen-bond acceptors (Lipinski definition) is 8. The third-order valence-corrected chi connectivity index (χ3v) is 8.26. The highest BCUT2D eigenvalue weighted by atomic mass is 16.7. The number of methoxy groups -OCH3 is 1. The molecule has 9 nitrogen and oxygen atoms in total. The van der Waals surface area contributed by atoms with Crippen LogP contribution in [0, 0.1) is 13.8 Å². The van der Waals surface area contributed by atoms with E-state index in [1.165, 1.54) is 11.1 Å². The van der Waals surface area contributed by atoms with Gasteiger partial charge < -0.3 is 33.9 Å². The summed E-state index contributed by atoms with van der Waals surface area (Å²) in [6.45, 7) is 8.45. The lowest BCUT2D eigenvalue weighted by molar-refractivity contribution is -0.139. The molecule has 4 rings (SSSR count). The lowest BCUT2D eigenvalue weighted by atomic mass is 9.75. The van der Waals surface area contributed by atoms with Gasteiger partial charge in [0.15, 0.2) is 6.73 Å². The Morgan fingerprint density at radius 2 is 1.71 bits per heavy atom. The van der Waals surface area contributed by atoms with Crippen molar-refractivity contribution in [2.75, 3.05) is 53.4 Å². The number of nitrogens with zero attached hydrogens (tertiary/aromatic N) is 1. The molecule has 1 N–H and O–H groups in total. The number of aryl methyl sites for hydroxylation is 2. The van der Waals surface area contributed by atoms with E-state index in [0.29, 0.717) is 39.2 Å². The summed E-state index contributed by atoms with van der Waals surface area (Å²) in [5, 5.41) is 3.79. The number of nitrogens with one attached hydrogen (secondary N) is 1. The number of hydrogen-bond donors (Lipinski definition) is 1. The molecular weight excluding hydrogens is 524 g/mol. The first-order valence-corrected chi connectivity index (χ1v) is 14.4. The van der Waals surface area contributed by atoms with Crippen LogP contribution in [-0.4, -0.2) is 75.9 Å². The fraction of sp³-hybridized carbons (Fsp3) is 0.562. The summed E-state index contributed by atoms with van der Waals surface area (Å²) in [5.41, 5.74) is 3.93. The molecule has 9 heteroatoms. The van der Waals surface area contributed by atoms with Gasteiger partial charge in [-0.2, -0.15) is 0 Å². The normalized spacial score (nSPS) is 23.1. The smallest absolute Gasteiger partial charge is 0.432 e. The Hall–Kier alpha value is -2.98. The average molecular weight is 569 g/mol. The Morgan fingerprint density at radius 3 is 2.39 bits per heavy atom. The minimum absolute atomic E-state index is 0.0191. The van der Waals surface area contributed by atoms with Crippen molar-refractivity contribution in [2.24, 2.45) is 0 Å². The molecule has 2 aliphatic rings. The molecule has 1 spiro atoms. The number of piperidine rings is 1. The highest BCUT2D eigenvalue weighted by Gasteiger charge is 2.51. The van der Waals surface area contributed by atoms with Gasteiger partial charge in [0.1, 0.15) is 6.61 Å². The van der Waals surface area contributed by atoms with Gasteiger partial charge in [0.2, 0.25) is 5.91 Å². The molecule has 0 radical (unpaired) electrons. The van der Waals surface area contributed by atoms with Crippen molar-refractivity contribution in [1.29, 1.82) is 0 Å². The van der Waals surface area contributed by atoms with Crippen LogP contribution in [-0.2, 0) is 34.0 Å². The van der Waals surface area contributed by atoms with E-state index in [1.54, 1.807) is 12.0 Å². The van der Waals surface area contributed by atoms with Crippen LogP contribution in [0.5, 0.6) is 0 Å². The fourth-order valence-electron chi connectivity index (χ4n) is 5.89. The van der Waals surface area contributed by atoms with Crippen molar-refractivity contribution >= 4 is 12.1 Å². The monoisotopic (exact) mass is 568 g/mol. The van der Waals surface area contributed by atoms with Gasteiger partial charge in [-0.3, -0.25) is 4.79 Å². The third kappa shape index (κ3) is 7.86. The predicted molar refractivity (Wildman–Crippen MR) is 154 cm³/mol. The van der Waals surface area contributed by atoms with Crippen LogP contribution in [0.4, 0.5) is 4.79 Å². The van der Waals surface area contributed by atoms with Crippen molar-refractivity contribution in [3.63, 3.8) is 0 Å². The zero-order chi connectivity index (χ0) is 29.3. The molecule has 2 saturated heterocycles. The van der Waals surface area contributed by atoms with E-state index in [0.717, 1.165) is 24.0 Å². The molecule has 3 atom stereocenters. The summed E-state index contributed by atoms with van der Waals surface area (Å²) in [6.07, 6.45) is 1.77. The molecular formula is C32H44N2O7. The molecule has 1 amide bonds. The highest BCUT2D eigenvalue weighted by molar-refractivity contribution is 5.80. The fourth-order valence-corrected chi connectivity index (χ4v) is 5.89. The first-order chi connectivity index (χ1) is 19.8. The number of amides is 1. The second kappa shape index (κ2) is 14.3. The van der Waals surface area contributed by atoms with Crippen molar-refractivity contribution in [2.45, 2.75) is 63.6 Å². The van der Waals surface area contributed by atoms with Crippen LogP contribution >= 0.6 is 0 Å². The number of ether oxygens (including phenoxy) is 5. The molecule has 0 aromatic heterocycles. The molecule has 2 aliphatic heterocycles. The van der Waals surface area contributed by atoms with E-state index in [1.807, 2.05) is 18.2 Å². The maximum absolute atomic E-state index is 12.9. The standard InChI is InChI=1S/C32H44N2O7/c1-24-18-25(2)20-27(19-24)26(3)40-22-32(28-8-6-5-7-9-28)13-12-31(21-33-32)11-10-29(35)34(31)23-41-30(36)39-17-16-38-15-14-37-4/h5-9,18-20,26,33H,10-17,21-23H2,1-4H3/t26-,31-,32-/m1/s1. The lowest BCUT2D eigenvalue weighted by Gasteiger charge is -2.49. The molecule has 224 valence electrons. The van der Waals surface area contributed by atoms with Crippen LogP contribution < -0.4 is 5.32 Å². The first kappa shape index (κ1) is 31.0. The van der Waals surface area contributed by atoms with Gasteiger partial charge in [0, 0.05) is 20.1 Å². The highest BCUT2D eigenvalue weighted by Crippen LogP contribution is 2.43. The summed E-state index contributed by atoms with van der Waals surface area (Å²) < 4.78 is 27.2. The molecule has 41 heavy (non-hydrogen) atoms. The number of carbonyl (C=O) groups excluding carboxylic acids is 2. The van der Waals surface area contributed by atoms with Crippen LogP contribution in [0.3, 0.4) is 0 Å². The quantitative estimate of drug-likeness (QED) is 0.272. The van der Waals surface area contributed by atoms with Gasteiger partial charge in [0.25, 0.3) is 0 Å². The van der Waals surface area contributed by atoms with E-state index in [9.17, 15) is 9.59 Å². The van der Waals surface area contributed by atoms with E-state index in [-0.39, 0.29) is 32.0 Å². The Kier molecular flexibility index (Phi) is 10.8. The zero-order valence-corrected chi connectivity index (χ0v) is 24.8. The first-order valence-electron chi connectivity index (χ1n) is 14.4. The molecule has 2 heterocycles. The van der Waals surface area contributed by atoms with Crippen LogP contribution in [0.15, 0.2) is 48.5 Å². The van der Waals surface area contributed by atoms with Crippen molar-refractivity contribution in [3.8, 4) is 0 Å². The average Bonchev–Trinajstić information content (AvgIpc) is 3.27.